The fourth-order valence-electron chi connectivity index (χ4n) is 1.88. The maximum Gasteiger partial charge on any atom is 0.328 e. The fourth-order valence-corrected chi connectivity index (χ4v) is 3.08. The van der Waals surface area contributed by atoms with Gasteiger partial charge in [-0.25, -0.2) is 4.79 Å². The maximum absolute atomic E-state index is 11.6. The van der Waals surface area contributed by atoms with E-state index >= 15 is 0 Å². The number of carboxylic acids is 1. The largest absolute Gasteiger partial charge is 0.478 e. The molecule has 7 nitrogen and oxygen atoms in total. The smallest absolute Gasteiger partial charge is 0.328 e. The third-order valence-electron chi connectivity index (χ3n) is 2.68. The Bertz CT molecular complexity index is 605. The average Bonchev–Trinajstić information content (AvgIpc) is 2.74. The highest BCUT2D eigenvalue weighted by Crippen LogP contribution is 2.36. The Hall–Kier alpha value is -2.19. The number of thiophene rings is 1. The molecule has 2 heterocycles. The Labute approximate surface area is 118 Å². The molecule has 1 aliphatic heterocycles. The van der Waals surface area contributed by atoms with Gasteiger partial charge in [-0.2, -0.15) is 0 Å². The summed E-state index contributed by atoms with van der Waals surface area (Å²) in [6.45, 7) is 0.872. The van der Waals surface area contributed by atoms with Crippen LogP contribution < -0.4 is 11.1 Å². The van der Waals surface area contributed by atoms with Crippen LogP contribution in [0.1, 0.15) is 20.8 Å². The van der Waals surface area contributed by atoms with Crippen LogP contribution in [0.15, 0.2) is 12.2 Å². The molecule has 1 aliphatic rings. The van der Waals surface area contributed by atoms with Crippen LogP contribution in [0.25, 0.3) is 0 Å². The molecule has 1 aromatic rings. The molecular weight excluding hydrogens is 284 g/mol. The highest BCUT2D eigenvalue weighted by molar-refractivity contribution is 7.17. The van der Waals surface area contributed by atoms with Crippen LogP contribution in [0.3, 0.4) is 0 Å². The summed E-state index contributed by atoms with van der Waals surface area (Å²) in [5.74, 6) is -2.48. The molecule has 0 unspecified atom stereocenters. The van der Waals surface area contributed by atoms with Crippen molar-refractivity contribution in [2.75, 3.05) is 11.9 Å². The van der Waals surface area contributed by atoms with Crippen molar-refractivity contribution in [3.63, 3.8) is 0 Å². The lowest BCUT2D eigenvalue weighted by Gasteiger charge is -2.12. The van der Waals surface area contributed by atoms with E-state index in [1.165, 1.54) is 11.3 Å². The molecule has 0 bridgehead atoms. The van der Waals surface area contributed by atoms with E-state index < -0.39 is 17.8 Å². The van der Waals surface area contributed by atoms with Crippen molar-refractivity contribution >= 4 is 34.1 Å². The fraction of sp³-hybridized carbons (Fsp3) is 0.250. The average molecular weight is 296 g/mol. The number of carboxylic acid groups (broad SMARTS) is 1. The first-order chi connectivity index (χ1) is 9.49. The molecule has 0 aromatic carbocycles. The molecule has 8 heteroatoms. The van der Waals surface area contributed by atoms with Crippen molar-refractivity contribution in [3.05, 3.63) is 28.2 Å². The molecule has 106 valence electrons. The van der Waals surface area contributed by atoms with Gasteiger partial charge in [0.25, 0.3) is 5.91 Å². The normalized spacial score (nSPS) is 14.0. The van der Waals surface area contributed by atoms with Crippen LogP contribution >= 0.6 is 11.3 Å². The number of hydrogen-bond donors (Lipinski definition) is 3. The van der Waals surface area contributed by atoms with Crippen LogP contribution in [0.2, 0.25) is 0 Å². The molecule has 0 atom stereocenters. The van der Waals surface area contributed by atoms with Crippen LogP contribution in [0.5, 0.6) is 0 Å². The van der Waals surface area contributed by atoms with Gasteiger partial charge in [-0.1, -0.05) is 0 Å². The lowest BCUT2D eigenvalue weighted by atomic mass is 10.1. The summed E-state index contributed by atoms with van der Waals surface area (Å²) in [6, 6.07) is 0. The first kappa shape index (κ1) is 14.2. The lowest BCUT2D eigenvalue weighted by molar-refractivity contribution is -0.131. The molecule has 20 heavy (non-hydrogen) atoms. The predicted molar refractivity (Wildman–Crippen MR) is 71.6 cm³/mol. The van der Waals surface area contributed by atoms with Crippen LogP contribution in [-0.4, -0.2) is 29.5 Å². The van der Waals surface area contributed by atoms with Crippen molar-refractivity contribution < 1.29 is 24.2 Å². The molecule has 2 amide bonds. The Morgan fingerprint density at radius 2 is 2.10 bits per heavy atom. The third kappa shape index (κ3) is 3.03. The summed E-state index contributed by atoms with van der Waals surface area (Å²) in [4.78, 5) is 34.3. The molecular formula is C12H12N2O5S. The monoisotopic (exact) mass is 296 g/mol. The third-order valence-corrected chi connectivity index (χ3v) is 3.80. The van der Waals surface area contributed by atoms with Gasteiger partial charge < -0.3 is 20.9 Å². The Morgan fingerprint density at radius 3 is 2.75 bits per heavy atom. The number of primary amides is 1. The highest BCUT2D eigenvalue weighted by Gasteiger charge is 2.24. The second-order valence-electron chi connectivity index (χ2n) is 4.04. The van der Waals surface area contributed by atoms with Crippen LogP contribution in [0.4, 0.5) is 5.00 Å². The van der Waals surface area contributed by atoms with Crippen molar-refractivity contribution in [3.8, 4) is 0 Å². The number of ether oxygens (including phenoxy) is 1. The minimum absolute atomic E-state index is 0.283. The quantitative estimate of drug-likeness (QED) is 0.699. The van der Waals surface area contributed by atoms with Crippen LogP contribution in [0, 0.1) is 0 Å². The molecule has 4 N–H and O–H groups in total. The van der Waals surface area contributed by atoms with E-state index in [-0.39, 0.29) is 5.56 Å². The molecule has 0 saturated carbocycles. The van der Waals surface area contributed by atoms with Crippen molar-refractivity contribution in [2.24, 2.45) is 5.73 Å². The van der Waals surface area contributed by atoms with Gasteiger partial charge in [-0.05, 0) is 12.0 Å². The number of nitrogens with two attached hydrogens (primary N) is 1. The molecule has 0 fully saturated rings. The summed E-state index contributed by atoms with van der Waals surface area (Å²) >= 11 is 1.21. The zero-order chi connectivity index (χ0) is 14.7. The highest BCUT2D eigenvalue weighted by atomic mass is 32.1. The number of anilines is 1. The second-order valence-corrected chi connectivity index (χ2v) is 5.14. The number of carbonyl (C=O) groups excluding carboxylic acids is 2. The van der Waals surface area contributed by atoms with E-state index in [1.54, 1.807) is 0 Å². The van der Waals surface area contributed by atoms with Gasteiger partial charge in [0.05, 0.1) is 18.8 Å². The Morgan fingerprint density at radius 1 is 1.35 bits per heavy atom. The molecule has 1 aromatic heterocycles. The maximum atomic E-state index is 11.6. The van der Waals surface area contributed by atoms with Gasteiger partial charge in [-0.3, -0.25) is 9.59 Å². The topological polar surface area (TPSA) is 119 Å². The van der Waals surface area contributed by atoms with Gasteiger partial charge in [0, 0.05) is 17.0 Å². The van der Waals surface area contributed by atoms with E-state index in [9.17, 15) is 14.4 Å². The summed E-state index contributed by atoms with van der Waals surface area (Å²) < 4.78 is 5.28. The minimum atomic E-state index is -1.23. The van der Waals surface area contributed by atoms with Crippen molar-refractivity contribution in [1.82, 2.24) is 0 Å². The standard InChI is InChI=1S/C12H12N2O5S/c13-11(18)10-6-3-4-19-5-7(6)20-12(10)14-8(15)1-2-9(16)17/h1-2H,3-5H2,(H2,13,18)(H,14,15)(H,16,17)/b2-1+. The molecule has 0 saturated heterocycles. The van der Waals surface area contributed by atoms with E-state index in [0.29, 0.717) is 24.6 Å². The molecule has 2 rings (SSSR count). The van der Waals surface area contributed by atoms with Gasteiger partial charge in [0.2, 0.25) is 5.91 Å². The van der Waals surface area contributed by atoms with Crippen molar-refractivity contribution in [1.29, 1.82) is 0 Å². The lowest BCUT2D eigenvalue weighted by Crippen LogP contribution is -2.18. The Balaban J connectivity index is 2.27. The summed E-state index contributed by atoms with van der Waals surface area (Å²) in [6.07, 6.45) is 2.16. The number of carbonyl (C=O) groups is 3. The van der Waals surface area contributed by atoms with Gasteiger partial charge in [0.15, 0.2) is 0 Å². The van der Waals surface area contributed by atoms with E-state index in [0.717, 1.165) is 22.6 Å². The summed E-state index contributed by atoms with van der Waals surface area (Å²) in [7, 11) is 0. The van der Waals surface area contributed by atoms with Gasteiger partial charge >= 0.3 is 5.97 Å². The molecule has 0 aliphatic carbocycles. The number of fused-ring (bicyclic) bond motifs is 1. The summed E-state index contributed by atoms with van der Waals surface area (Å²) in [5.41, 5.74) is 6.42. The number of amides is 2. The predicted octanol–water partition coefficient (Wildman–Crippen LogP) is 0.499. The van der Waals surface area contributed by atoms with E-state index in [2.05, 4.69) is 5.32 Å². The zero-order valence-electron chi connectivity index (χ0n) is 10.3. The SMILES string of the molecule is NC(=O)c1c(NC(=O)/C=C/C(=O)O)sc2c1CCOC2. The number of hydrogen-bond acceptors (Lipinski definition) is 5. The van der Waals surface area contributed by atoms with Crippen molar-refractivity contribution in [2.45, 2.75) is 13.0 Å². The Kier molecular flexibility index (Phi) is 4.16. The first-order valence-electron chi connectivity index (χ1n) is 5.73. The molecule has 0 spiro atoms. The second kappa shape index (κ2) is 5.85. The first-order valence-corrected chi connectivity index (χ1v) is 6.54. The minimum Gasteiger partial charge on any atom is -0.478 e. The number of nitrogens with one attached hydrogen (secondary N) is 1. The van der Waals surface area contributed by atoms with E-state index in [4.69, 9.17) is 15.6 Å². The zero-order valence-corrected chi connectivity index (χ0v) is 11.2. The summed E-state index contributed by atoms with van der Waals surface area (Å²) in [5, 5.41) is 11.3. The molecule has 0 radical (unpaired) electrons. The number of aliphatic carboxylic acids is 1. The van der Waals surface area contributed by atoms with Gasteiger partial charge in [0.1, 0.15) is 5.00 Å². The van der Waals surface area contributed by atoms with Gasteiger partial charge in [-0.15, -0.1) is 11.3 Å². The van der Waals surface area contributed by atoms with E-state index in [1.807, 2.05) is 0 Å². The van der Waals surface area contributed by atoms with Crippen LogP contribution in [-0.2, 0) is 27.4 Å². The number of rotatable bonds is 4.